The summed E-state index contributed by atoms with van der Waals surface area (Å²) in [5.41, 5.74) is 5.37. The van der Waals surface area contributed by atoms with Crippen molar-refractivity contribution in [3.63, 3.8) is 0 Å². The predicted molar refractivity (Wildman–Crippen MR) is 21.7 cm³/mol. The Morgan fingerprint density at radius 2 is 2.67 bits per heavy atom. The molecule has 0 amide bonds. The second-order valence-corrected chi connectivity index (χ2v) is 1.46. The standard InChI is InChI=1S/C3H8N2O/c1-3-2-6-5-4-3/h3-5H,2H2,1H3/t3-/m0/s1. The maximum atomic E-state index is 4.70. The number of hydrazine groups is 1. The van der Waals surface area contributed by atoms with Crippen LogP contribution >= 0.6 is 0 Å². The molecule has 1 aliphatic rings. The molecule has 1 heterocycles. The van der Waals surface area contributed by atoms with Crippen molar-refractivity contribution < 1.29 is 4.84 Å². The van der Waals surface area contributed by atoms with Gasteiger partial charge in [-0.05, 0) is 6.92 Å². The van der Waals surface area contributed by atoms with Gasteiger partial charge in [0.25, 0.3) is 0 Å². The second-order valence-electron chi connectivity index (χ2n) is 1.46. The molecule has 0 spiro atoms. The van der Waals surface area contributed by atoms with E-state index in [1.165, 1.54) is 0 Å². The molecule has 2 N–H and O–H groups in total. The SMILES string of the molecule is C[C@H]1CONN1. The van der Waals surface area contributed by atoms with Crippen molar-refractivity contribution in [2.24, 2.45) is 0 Å². The van der Waals surface area contributed by atoms with Crippen LogP contribution < -0.4 is 11.0 Å². The number of hydrogen-bond acceptors (Lipinski definition) is 3. The lowest BCUT2D eigenvalue weighted by Crippen LogP contribution is -2.27. The van der Waals surface area contributed by atoms with Crippen LogP contribution in [0.2, 0.25) is 0 Å². The van der Waals surface area contributed by atoms with Crippen LogP contribution in [0, 0.1) is 0 Å². The molecule has 0 unspecified atom stereocenters. The summed E-state index contributed by atoms with van der Waals surface area (Å²) in [5, 5.41) is 0. The molecular weight excluding hydrogens is 80.0 g/mol. The van der Waals surface area contributed by atoms with E-state index in [0.29, 0.717) is 6.04 Å². The normalized spacial score (nSPS) is 34.5. The van der Waals surface area contributed by atoms with Crippen LogP contribution in [0.4, 0.5) is 0 Å². The average molecular weight is 88.1 g/mol. The van der Waals surface area contributed by atoms with Crippen molar-refractivity contribution in [1.82, 2.24) is 11.0 Å². The minimum Gasteiger partial charge on any atom is -0.285 e. The van der Waals surface area contributed by atoms with Gasteiger partial charge in [-0.1, -0.05) is 0 Å². The lowest BCUT2D eigenvalue weighted by Gasteiger charge is -1.90. The zero-order valence-corrected chi connectivity index (χ0v) is 3.69. The first-order chi connectivity index (χ1) is 2.89. The van der Waals surface area contributed by atoms with Crippen molar-refractivity contribution in [1.29, 1.82) is 0 Å². The molecule has 3 nitrogen and oxygen atoms in total. The highest BCUT2D eigenvalue weighted by Crippen LogP contribution is 1.83. The Hall–Kier alpha value is -0.120. The highest BCUT2D eigenvalue weighted by atomic mass is 16.7. The predicted octanol–water partition coefficient (Wildman–Crippen LogP) is -0.586. The summed E-state index contributed by atoms with van der Waals surface area (Å²) < 4.78 is 0. The molecule has 1 rings (SSSR count). The molecule has 0 aromatic rings. The number of nitrogens with one attached hydrogen (secondary N) is 2. The zero-order valence-electron chi connectivity index (χ0n) is 3.69. The molecule has 1 aliphatic heterocycles. The van der Waals surface area contributed by atoms with E-state index < -0.39 is 0 Å². The monoisotopic (exact) mass is 88.1 g/mol. The fourth-order valence-corrected chi connectivity index (χ4v) is 0.351. The Balaban J connectivity index is 2.18. The van der Waals surface area contributed by atoms with Gasteiger partial charge in [-0.2, -0.15) is 0 Å². The summed E-state index contributed by atoms with van der Waals surface area (Å²) in [6.45, 7) is 2.81. The molecule has 1 atom stereocenters. The van der Waals surface area contributed by atoms with Gasteiger partial charge in [0.1, 0.15) is 0 Å². The molecule has 1 saturated heterocycles. The minimum atomic E-state index is 0.463. The lowest BCUT2D eigenvalue weighted by molar-refractivity contribution is 0.0848. The first-order valence-corrected chi connectivity index (χ1v) is 2.02. The van der Waals surface area contributed by atoms with Crippen molar-refractivity contribution in [2.45, 2.75) is 13.0 Å². The summed E-state index contributed by atoms with van der Waals surface area (Å²) in [6, 6.07) is 0.463. The molecule has 0 bridgehead atoms. The summed E-state index contributed by atoms with van der Waals surface area (Å²) in [5.74, 6) is 0. The molecular formula is C3H8N2O. The summed E-state index contributed by atoms with van der Waals surface area (Å²) in [4.78, 5) is 4.70. The van der Waals surface area contributed by atoms with Gasteiger partial charge in [-0.15, -0.1) is 5.59 Å². The molecule has 1 fully saturated rings. The van der Waals surface area contributed by atoms with Gasteiger partial charge in [0.2, 0.25) is 0 Å². The number of rotatable bonds is 0. The van der Waals surface area contributed by atoms with E-state index in [-0.39, 0.29) is 0 Å². The van der Waals surface area contributed by atoms with Crippen LogP contribution in [0.25, 0.3) is 0 Å². The fourth-order valence-electron chi connectivity index (χ4n) is 0.351. The number of hydrogen-bond donors (Lipinski definition) is 2. The van der Waals surface area contributed by atoms with Crippen LogP contribution in [-0.4, -0.2) is 12.6 Å². The Morgan fingerprint density at radius 3 is 2.83 bits per heavy atom. The summed E-state index contributed by atoms with van der Waals surface area (Å²) in [6.07, 6.45) is 0. The molecule has 0 saturated carbocycles. The maximum Gasteiger partial charge on any atom is 0.0863 e. The molecule has 0 radical (unpaired) electrons. The average Bonchev–Trinajstić information content (AvgIpc) is 1.86. The van der Waals surface area contributed by atoms with E-state index in [1.54, 1.807) is 0 Å². The van der Waals surface area contributed by atoms with Gasteiger partial charge in [-0.25, -0.2) is 5.43 Å². The highest BCUT2D eigenvalue weighted by molar-refractivity contribution is 4.55. The van der Waals surface area contributed by atoms with Crippen LogP contribution in [0.15, 0.2) is 0 Å². The summed E-state index contributed by atoms with van der Waals surface area (Å²) in [7, 11) is 0. The smallest absolute Gasteiger partial charge is 0.0863 e. The Bertz CT molecular complexity index is 42.1. The molecule has 0 aliphatic carbocycles. The molecule has 3 heteroatoms. The highest BCUT2D eigenvalue weighted by Gasteiger charge is 2.05. The lowest BCUT2D eigenvalue weighted by atomic mass is 10.4. The Morgan fingerprint density at radius 1 is 1.83 bits per heavy atom. The topological polar surface area (TPSA) is 33.3 Å². The van der Waals surface area contributed by atoms with Crippen molar-refractivity contribution in [2.75, 3.05) is 6.61 Å². The van der Waals surface area contributed by atoms with Gasteiger partial charge in [0, 0.05) is 6.04 Å². The van der Waals surface area contributed by atoms with Gasteiger partial charge in [0.05, 0.1) is 6.61 Å². The quantitative estimate of drug-likeness (QED) is 0.415. The largest absolute Gasteiger partial charge is 0.285 e. The van der Waals surface area contributed by atoms with Gasteiger partial charge in [0.15, 0.2) is 0 Å². The van der Waals surface area contributed by atoms with Crippen molar-refractivity contribution in [3.05, 3.63) is 0 Å². The third kappa shape index (κ3) is 0.680. The van der Waals surface area contributed by atoms with E-state index in [2.05, 4.69) is 11.0 Å². The maximum absolute atomic E-state index is 4.70. The van der Waals surface area contributed by atoms with E-state index >= 15 is 0 Å². The van der Waals surface area contributed by atoms with Crippen LogP contribution in [0.1, 0.15) is 6.92 Å². The first kappa shape index (κ1) is 4.05. The minimum absolute atomic E-state index is 0.463. The Labute approximate surface area is 36.6 Å². The van der Waals surface area contributed by atoms with Gasteiger partial charge in [-0.3, -0.25) is 4.84 Å². The third-order valence-corrected chi connectivity index (χ3v) is 0.711. The van der Waals surface area contributed by atoms with Crippen LogP contribution in [0.3, 0.4) is 0 Å². The first-order valence-electron chi connectivity index (χ1n) is 2.02. The second kappa shape index (κ2) is 1.55. The fraction of sp³-hybridized carbons (Fsp3) is 1.00. The van der Waals surface area contributed by atoms with E-state index in [0.717, 1.165) is 6.61 Å². The van der Waals surface area contributed by atoms with Crippen LogP contribution in [0.5, 0.6) is 0 Å². The van der Waals surface area contributed by atoms with E-state index in [4.69, 9.17) is 4.84 Å². The van der Waals surface area contributed by atoms with Crippen molar-refractivity contribution >= 4 is 0 Å². The summed E-state index contributed by atoms with van der Waals surface area (Å²) >= 11 is 0. The van der Waals surface area contributed by atoms with Gasteiger partial charge < -0.3 is 0 Å². The molecule has 6 heavy (non-hydrogen) atoms. The van der Waals surface area contributed by atoms with E-state index in [9.17, 15) is 0 Å². The molecule has 0 aromatic carbocycles. The van der Waals surface area contributed by atoms with Crippen molar-refractivity contribution in [3.8, 4) is 0 Å². The Kier molecular flexibility index (Phi) is 1.05. The van der Waals surface area contributed by atoms with E-state index in [1.807, 2.05) is 6.92 Å². The third-order valence-electron chi connectivity index (χ3n) is 0.711. The van der Waals surface area contributed by atoms with Crippen LogP contribution in [-0.2, 0) is 4.84 Å². The van der Waals surface area contributed by atoms with Gasteiger partial charge >= 0.3 is 0 Å². The molecule has 0 aromatic heterocycles. The molecule has 36 valence electrons. The zero-order chi connectivity index (χ0) is 4.41.